The molecule has 0 aromatic carbocycles. The molecule has 0 aliphatic carbocycles. The van der Waals surface area contributed by atoms with E-state index < -0.39 is 0 Å². The van der Waals surface area contributed by atoms with Crippen LogP contribution >= 0.6 is 0 Å². The number of nitrogens with one attached hydrogen (secondary N) is 1. The molecule has 3 atom stereocenters. The van der Waals surface area contributed by atoms with Crippen LogP contribution in [0.5, 0.6) is 0 Å². The maximum absolute atomic E-state index is 3.45. The van der Waals surface area contributed by atoms with Crippen molar-refractivity contribution < 1.29 is 0 Å². The van der Waals surface area contributed by atoms with Crippen molar-refractivity contribution in [3.8, 4) is 0 Å². The Kier molecular flexibility index (Phi) is 1.46. The second-order valence-corrected chi connectivity index (χ2v) is 3.76. The van der Waals surface area contributed by atoms with E-state index in [2.05, 4.69) is 24.2 Å². The fraction of sp³-hybridized carbons (Fsp3) is 1.00. The SMILES string of the molecule is C[C@H]1[C@@H]2CNC[C@@H]2CN1C. The van der Waals surface area contributed by atoms with Gasteiger partial charge >= 0.3 is 0 Å². The summed E-state index contributed by atoms with van der Waals surface area (Å²) >= 11 is 0. The van der Waals surface area contributed by atoms with Gasteiger partial charge in [0, 0.05) is 12.6 Å². The Morgan fingerprint density at radius 2 is 2.20 bits per heavy atom. The minimum Gasteiger partial charge on any atom is -0.316 e. The van der Waals surface area contributed by atoms with Crippen LogP contribution in [0.25, 0.3) is 0 Å². The Morgan fingerprint density at radius 3 is 2.90 bits per heavy atom. The summed E-state index contributed by atoms with van der Waals surface area (Å²) in [7, 11) is 2.24. The Balaban J connectivity index is 2.09. The largest absolute Gasteiger partial charge is 0.316 e. The first kappa shape index (κ1) is 6.62. The monoisotopic (exact) mass is 140 g/mol. The number of likely N-dealkylation sites (tertiary alicyclic amines) is 1. The van der Waals surface area contributed by atoms with E-state index >= 15 is 0 Å². The van der Waals surface area contributed by atoms with E-state index in [4.69, 9.17) is 0 Å². The summed E-state index contributed by atoms with van der Waals surface area (Å²) in [6.07, 6.45) is 0. The summed E-state index contributed by atoms with van der Waals surface area (Å²) in [6.45, 7) is 6.14. The van der Waals surface area contributed by atoms with E-state index in [1.807, 2.05) is 0 Å². The molecule has 0 radical (unpaired) electrons. The van der Waals surface area contributed by atoms with Gasteiger partial charge in [-0.25, -0.2) is 0 Å². The molecule has 0 bridgehead atoms. The van der Waals surface area contributed by atoms with E-state index in [1.54, 1.807) is 0 Å². The molecule has 2 nitrogen and oxygen atoms in total. The van der Waals surface area contributed by atoms with Gasteiger partial charge in [0.2, 0.25) is 0 Å². The van der Waals surface area contributed by atoms with Gasteiger partial charge in [-0.2, -0.15) is 0 Å². The molecule has 0 saturated carbocycles. The Morgan fingerprint density at radius 1 is 1.40 bits per heavy atom. The summed E-state index contributed by atoms with van der Waals surface area (Å²) < 4.78 is 0. The fourth-order valence-corrected chi connectivity index (χ4v) is 2.38. The highest BCUT2D eigenvalue weighted by Gasteiger charge is 2.39. The number of nitrogens with zero attached hydrogens (tertiary/aromatic N) is 1. The molecule has 2 aliphatic heterocycles. The molecule has 2 aliphatic rings. The van der Waals surface area contributed by atoms with Gasteiger partial charge in [0.25, 0.3) is 0 Å². The first-order valence-electron chi connectivity index (χ1n) is 4.20. The molecule has 10 heavy (non-hydrogen) atoms. The van der Waals surface area contributed by atoms with Gasteiger partial charge in [-0.1, -0.05) is 0 Å². The number of hydrogen-bond donors (Lipinski definition) is 1. The Hall–Kier alpha value is -0.0800. The third kappa shape index (κ3) is 0.789. The smallest absolute Gasteiger partial charge is 0.0108 e. The zero-order chi connectivity index (χ0) is 7.14. The number of fused-ring (bicyclic) bond motifs is 1. The predicted molar refractivity (Wildman–Crippen MR) is 41.9 cm³/mol. The van der Waals surface area contributed by atoms with Gasteiger partial charge in [-0.15, -0.1) is 0 Å². The maximum Gasteiger partial charge on any atom is 0.0108 e. The van der Waals surface area contributed by atoms with Gasteiger partial charge in [0.15, 0.2) is 0 Å². The fourth-order valence-electron chi connectivity index (χ4n) is 2.38. The summed E-state index contributed by atoms with van der Waals surface area (Å²) in [5, 5.41) is 3.45. The molecular weight excluding hydrogens is 124 g/mol. The second-order valence-electron chi connectivity index (χ2n) is 3.76. The first-order valence-corrected chi connectivity index (χ1v) is 4.20. The van der Waals surface area contributed by atoms with Crippen LogP contribution in [0.2, 0.25) is 0 Å². The normalized spacial score (nSPS) is 48.0. The van der Waals surface area contributed by atoms with Gasteiger partial charge in [0.1, 0.15) is 0 Å². The molecule has 1 N–H and O–H groups in total. The average molecular weight is 140 g/mol. The van der Waals surface area contributed by atoms with Crippen molar-refractivity contribution in [2.75, 3.05) is 26.7 Å². The molecule has 0 amide bonds. The molecule has 2 heteroatoms. The summed E-state index contributed by atoms with van der Waals surface area (Å²) in [5.41, 5.74) is 0. The lowest BCUT2D eigenvalue weighted by atomic mass is 9.95. The van der Waals surface area contributed by atoms with Crippen molar-refractivity contribution in [2.45, 2.75) is 13.0 Å². The van der Waals surface area contributed by atoms with Gasteiger partial charge in [-0.05, 0) is 38.9 Å². The van der Waals surface area contributed by atoms with Crippen molar-refractivity contribution in [3.05, 3.63) is 0 Å². The zero-order valence-electron chi connectivity index (χ0n) is 6.80. The van der Waals surface area contributed by atoms with Crippen molar-refractivity contribution in [3.63, 3.8) is 0 Å². The van der Waals surface area contributed by atoms with E-state index in [0.717, 1.165) is 17.9 Å². The third-order valence-corrected chi connectivity index (χ3v) is 3.23. The van der Waals surface area contributed by atoms with Gasteiger partial charge < -0.3 is 10.2 Å². The van der Waals surface area contributed by atoms with Crippen molar-refractivity contribution in [1.29, 1.82) is 0 Å². The molecule has 0 aromatic heterocycles. The quantitative estimate of drug-likeness (QED) is 0.515. The van der Waals surface area contributed by atoms with Crippen LogP contribution < -0.4 is 5.32 Å². The van der Waals surface area contributed by atoms with Gasteiger partial charge in [-0.3, -0.25) is 0 Å². The molecule has 0 unspecified atom stereocenters. The van der Waals surface area contributed by atoms with E-state index in [-0.39, 0.29) is 0 Å². The second kappa shape index (κ2) is 2.21. The molecule has 0 aromatic rings. The third-order valence-electron chi connectivity index (χ3n) is 3.23. The minimum atomic E-state index is 0.806. The lowest BCUT2D eigenvalue weighted by Crippen LogP contribution is -2.29. The molecule has 0 spiro atoms. The molecule has 58 valence electrons. The Bertz CT molecular complexity index is 133. The van der Waals surface area contributed by atoms with Crippen LogP contribution in [0.15, 0.2) is 0 Å². The number of hydrogen-bond acceptors (Lipinski definition) is 2. The molecule has 2 saturated heterocycles. The predicted octanol–water partition coefficient (Wildman–Crippen LogP) is 0.156. The van der Waals surface area contributed by atoms with Crippen LogP contribution in [-0.2, 0) is 0 Å². The standard InChI is InChI=1S/C8H16N2/c1-6-8-4-9-3-7(8)5-10(6)2/h6-9H,3-5H2,1-2H3/t6-,7+,8-/m0/s1. The summed E-state index contributed by atoms with van der Waals surface area (Å²) in [5.74, 6) is 1.88. The van der Waals surface area contributed by atoms with E-state index in [1.165, 1.54) is 19.6 Å². The highest BCUT2D eigenvalue weighted by Crippen LogP contribution is 2.30. The van der Waals surface area contributed by atoms with Crippen LogP contribution in [-0.4, -0.2) is 37.6 Å². The summed E-state index contributed by atoms with van der Waals surface area (Å²) in [4.78, 5) is 2.48. The topological polar surface area (TPSA) is 15.3 Å². The molecular formula is C8H16N2. The maximum atomic E-state index is 3.45. The van der Waals surface area contributed by atoms with Crippen LogP contribution in [0.1, 0.15) is 6.92 Å². The van der Waals surface area contributed by atoms with Crippen molar-refractivity contribution in [1.82, 2.24) is 10.2 Å². The van der Waals surface area contributed by atoms with Crippen LogP contribution in [0.3, 0.4) is 0 Å². The molecule has 2 fully saturated rings. The van der Waals surface area contributed by atoms with Crippen LogP contribution in [0.4, 0.5) is 0 Å². The molecule has 2 rings (SSSR count). The lowest BCUT2D eigenvalue weighted by molar-refractivity contribution is 0.291. The zero-order valence-corrected chi connectivity index (χ0v) is 6.80. The Labute approximate surface area is 62.6 Å². The lowest BCUT2D eigenvalue weighted by Gasteiger charge is -2.18. The number of rotatable bonds is 0. The molecule has 2 heterocycles. The van der Waals surface area contributed by atoms with Crippen LogP contribution in [0, 0.1) is 11.8 Å². The van der Waals surface area contributed by atoms with E-state index in [0.29, 0.717) is 0 Å². The minimum absolute atomic E-state index is 0.806. The van der Waals surface area contributed by atoms with E-state index in [9.17, 15) is 0 Å². The average Bonchev–Trinajstić information content (AvgIpc) is 2.41. The highest BCUT2D eigenvalue weighted by molar-refractivity contribution is 4.95. The highest BCUT2D eigenvalue weighted by atomic mass is 15.2. The van der Waals surface area contributed by atoms with Crippen molar-refractivity contribution in [2.24, 2.45) is 11.8 Å². The summed E-state index contributed by atoms with van der Waals surface area (Å²) in [6, 6.07) is 0.806. The van der Waals surface area contributed by atoms with Gasteiger partial charge in [0.05, 0.1) is 0 Å². The first-order chi connectivity index (χ1) is 4.79. The van der Waals surface area contributed by atoms with Crippen molar-refractivity contribution >= 4 is 0 Å².